The van der Waals surface area contributed by atoms with Gasteiger partial charge in [-0.15, -0.1) is 5.10 Å². The second-order valence-corrected chi connectivity index (χ2v) is 5.23. The van der Waals surface area contributed by atoms with Gasteiger partial charge in [0.25, 0.3) is 0 Å². The van der Waals surface area contributed by atoms with Gasteiger partial charge in [0, 0.05) is 19.3 Å². The van der Waals surface area contributed by atoms with E-state index >= 15 is 0 Å². The van der Waals surface area contributed by atoms with Crippen molar-refractivity contribution < 1.29 is 13.5 Å². The topological polar surface area (TPSA) is 72.2 Å². The summed E-state index contributed by atoms with van der Waals surface area (Å²) < 4.78 is 24.1. The third kappa shape index (κ3) is 4.48. The molecule has 2 aromatic rings. The SMILES string of the molecule is COCCNCc1nnc(Nc2cc(Br)c(F)cc2C)o1. The lowest BCUT2D eigenvalue weighted by Crippen LogP contribution is -2.18. The van der Waals surface area contributed by atoms with Crippen molar-refractivity contribution in [2.24, 2.45) is 0 Å². The Morgan fingerprint density at radius 3 is 2.95 bits per heavy atom. The summed E-state index contributed by atoms with van der Waals surface area (Å²) in [5, 5.41) is 13.9. The van der Waals surface area contributed by atoms with Crippen LogP contribution in [-0.4, -0.2) is 30.5 Å². The molecule has 21 heavy (non-hydrogen) atoms. The molecule has 0 spiro atoms. The number of benzene rings is 1. The van der Waals surface area contributed by atoms with E-state index in [1.165, 1.54) is 6.07 Å². The van der Waals surface area contributed by atoms with Crippen LogP contribution < -0.4 is 10.6 Å². The molecule has 0 saturated heterocycles. The van der Waals surface area contributed by atoms with E-state index in [0.29, 0.717) is 35.7 Å². The normalized spacial score (nSPS) is 10.9. The molecule has 0 aliphatic heterocycles. The first kappa shape index (κ1) is 15.9. The Morgan fingerprint density at radius 2 is 2.19 bits per heavy atom. The number of anilines is 2. The molecule has 0 radical (unpaired) electrons. The molecule has 0 saturated carbocycles. The van der Waals surface area contributed by atoms with Crippen molar-refractivity contribution in [1.82, 2.24) is 15.5 Å². The van der Waals surface area contributed by atoms with E-state index in [1.54, 1.807) is 20.1 Å². The van der Waals surface area contributed by atoms with Gasteiger partial charge in [0.15, 0.2) is 0 Å². The van der Waals surface area contributed by atoms with Crippen LogP contribution in [0.4, 0.5) is 16.1 Å². The number of rotatable bonds is 7. The molecule has 0 atom stereocenters. The number of nitrogens with zero attached hydrogens (tertiary/aromatic N) is 2. The van der Waals surface area contributed by atoms with Crippen molar-refractivity contribution in [3.63, 3.8) is 0 Å². The van der Waals surface area contributed by atoms with Crippen LogP contribution in [0.2, 0.25) is 0 Å². The Kier molecular flexibility index (Phi) is 5.66. The molecule has 0 aliphatic carbocycles. The largest absolute Gasteiger partial charge is 0.406 e. The van der Waals surface area contributed by atoms with Crippen molar-refractivity contribution >= 4 is 27.6 Å². The van der Waals surface area contributed by atoms with E-state index in [2.05, 4.69) is 36.8 Å². The first-order valence-electron chi connectivity index (χ1n) is 6.35. The van der Waals surface area contributed by atoms with E-state index in [4.69, 9.17) is 9.15 Å². The Morgan fingerprint density at radius 1 is 1.38 bits per heavy atom. The van der Waals surface area contributed by atoms with E-state index in [0.717, 1.165) is 5.56 Å². The second-order valence-electron chi connectivity index (χ2n) is 4.38. The summed E-state index contributed by atoms with van der Waals surface area (Å²) in [6.07, 6.45) is 0. The highest BCUT2D eigenvalue weighted by molar-refractivity contribution is 9.10. The zero-order valence-corrected chi connectivity index (χ0v) is 13.3. The second kappa shape index (κ2) is 7.48. The maximum Gasteiger partial charge on any atom is 0.320 e. The Bertz CT molecular complexity index is 606. The predicted octanol–water partition coefficient (Wildman–Crippen LogP) is 2.76. The van der Waals surface area contributed by atoms with Gasteiger partial charge < -0.3 is 19.8 Å². The number of halogens is 2. The molecular formula is C13H16BrFN4O2. The van der Waals surface area contributed by atoms with Gasteiger partial charge in [-0.05, 0) is 40.5 Å². The van der Waals surface area contributed by atoms with Crippen LogP contribution in [0.25, 0.3) is 0 Å². The molecule has 114 valence electrons. The summed E-state index contributed by atoms with van der Waals surface area (Å²) in [6.45, 7) is 3.57. The standard InChI is InChI=1S/C13H16BrFN4O2/c1-8-5-10(15)9(14)6-11(8)17-13-19-18-12(21-13)7-16-3-4-20-2/h5-6,16H,3-4,7H2,1-2H3,(H,17,19). The van der Waals surface area contributed by atoms with Crippen LogP contribution in [0.1, 0.15) is 11.5 Å². The molecule has 1 aromatic carbocycles. The lowest BCUT2D eigenvalue weighted by molar-refractivity contribution is 0.198. The van der Waals surface area contributed by atoms with Crippen LogP contribution in [0, 0.1) is 12.7 Å². The third-order valence-corrected chi connectivity index (χ3v) is 3.34. The minimum Gasteiger partial charge on any atom is -0.406 e. The van der Waals surface area contributed by atoms with Crippen LogP contribution in [0.3, 0.4) is 0 Å². The van der Waals surface area contributed by atoms with Gasteiger partial charge >= 0.3 is 6.01 Å². The lowest BCUT2D eigenvalue weighted by Gasteiger charge is -2.07. The number of hydrogen-bond acceptors (Lipinski definition) is 6. The van der Waals surface area contributed by atoms with Gasteiger partial charge in [0.2, 0.25) is 5.89 Å². The molecular weight excluding hydrogens is 343 g/mol. The van der Waals surface area contributed by atoms with Crippen molar-refractivity contribution in [1.29, 1.82) is 0 Å². The number of nitrogens with one attached hydrogen (secondary N) is 2. The number of aromatic nitrogens is 2. The van der Waals surface area contributed by atoms with Crippen molar-refractivity contribution in [2.45, 2.75) is 13.5 Å². The fourth-order valence-corrected chi connectivity index (χ4v) is 1.98. The van der Waals surface area contributed by atoms with E-state index in [9.17, 15) is 4.39 Å². The molecule has 0 unspecified atom stereocenters. The summed E-state index contributed by atoms with van der Waals surface area (Å²) in [4.78, 5) is 0. The first-order chi connectivity index (χ1) is 10.1. The molecule has 8 heteroatoms. The van der Waals surface area contributed by atoms with Crippen LogP contribution in [0.15, 0.2) is 21.0 Å². The van der Waals surface area contributed by atoms with Gasteiger partial charge in [-0.2, -0.15) is 0 Å². The number of hydrogen-bond donors (Lipinski definition) is 2. The molecule has 1 heterocycles. The van der Waals surface area contributed by atoms with Crippen LogP contribution in [-0.2, 0) is 11.3 Å². The van der Waals surface area contributed by atoms with Crippen LogP contribution in [0.5, 0.6) is 0 Å². The average molecular weight is 359 g/mol. The van der Waals surface area contributed by atoms with Gasteiger partial charge in [0.1, 0.15) is 5.82 Å². The highest BCUT2D eigenvalue weighted by Gasteiger charge is 2.10. The number of ether oxygens (including phenoxy) is 1. The highest BCUT2D eigenvalue weighted by Crippen LogP contribution is 2.26. The minimum atomic E-state index is -0.313. The summed E-state index contributed by atoms with van der Waals surface area (Å²) in [5.74, 6) is 0.152. The molecule has 2 N–H and O–H groups in total. The summed E-state index contributed by atoms with van der Waals surface area (Å²) in [6, 6.07) is 3.32. The third-order valence-electron chi connectivity index (χ3n) is 2.73. The summed E-state index contributed by atoms with van der Waals surface area (Å²) >= 11 is 3.14. The smallest absolute Gasteiger partial charge is 0.320 e. The fraction of sp³-hybridized carbons (Fsp3) is 0.385. The molecule has 2 rings (SSSR count). The molecule has 0 bridgehead atoms. The van der Waals surface area contributed by atoms with Crippen molar-refractivity contribution in [3.8, 4) is 0 Å². The zero-order valence-electron chi connectivity index (χ0n) is 11.7. The quantitative estimate of drug-likeness (QED) is 0.741. The molecule has 0 aliphatic rings. The monoisotopic (exact) mass is 358 g/mol. The van der Waals surface area contributed by atoms with Crippen molar-refractivity contribution in [3.05, 3.63) is 33.9 Å². The molecule has 0 amide bonds. The average Bonchev–Trinajstić information content (AvgIpc) is 2.89. The maximum atomic E-state index is 13.4. The Labute approximate surface area is 130 Å². The fourth-order valence-electron chi connectivity index (χ4n) is 1.64. The van der Waals surface area contributed by atoms with E-state index in [-0.39, 0.29) is 11.8 Å². The molecule has 1 aromatic heterocycles. The van der Waals surface area contributed by atoms with Gasteiger partial charge in [0.05, 0.1) is 17.6 Å². The minimum absolute atomic E-state index is 0.264. The van der Waals surface area contributed by atoms with Crippen molar-refractivity contribution in [2.75, 3.05) is 25.6 Å². The van der Waals surface area contributed by atoms with E-state index in [1.807, 2.05) is 0 Å². The zero-order chi connectivity index (χ0) is 15.2. The number of methoxy groups -OCH3 is 1. The summed E-state index contributed by atoms with van der Waals surface area (Å²) in [7, 11) is 1.64. The Balaban J connectivity index is 1.97. The highest BCUT2D eigenvalue weighted by atomic mass is 79.9. The lowest BCUT2D eigenvalue weighted by atomic mass is 10.2. The maximum absolute atomic E-state index is 13.4. The van der Waals surface area contributed by atoms with Gasteiger partial charge in [-0.3, -0.25) is 0 Å². The van der Waals surface area contributed by atoms with Gasteiger partial charge in [-0.1, -0.05) is 5.10 Å². The first-order valence-corrected chi connectivity index (χ1v) is 7.14. The van der Waals surface area contributed by atoms with E-state index < -0.39 is 0 Å². The molecule has 6 nitrogen and oxygen atoms in total. The van der Waals surface area contributed by atoms with Crippen LogP contribution >= 0.6 is 15.9 Å². The summed E-state index contributed by atoms with van der Waals surface area (Å²) in [5.41, 5.74) is 1.44. The van der Waals surface area contributed by atoms with Gasteiger partial charge in [-0.25, -0.2) is 4.39 Å². The number of aryl methyl sites for hydroxylation is 1. The Hall–Kier alpha value is -1.51. The molecule has 0 fully saturated rings. The predicted molar refractivity (Wildman–Crippen MR) is 80.0 cm³/mol.